The van der Waals surface area contributed by atoms with Gasteiger partial charge in [0, 0.05) is 11.3 Å². The second kappa shape index (κ2) is 8.29. The van der Waals surface area contributed by atoms with E-state index in [0.717, 1.165) is 30.5 Å². The van der Waals surface area contributed by atoms with E-state index in [4.69, 9.17) is 9.68 Å². The predicted molar refractivity (Wildman–Crippen MR) is 95.2 cm³/mol. The predicted octanol–water partition coefficient (Wildman–Crippen LogP) is 5.94. The quantitative estimate of drug-likeness (QED) is 0.458. The Bertz CT molecular complexity index is 1100. The topological polar surface area (TPSA) is 53.1 Å². The van der Waals surface area contributed by atoms with Gasteiger partial charge in [-0.1, -0.05) is 0 Å². The van der Waals surface area contributed by atoms with Crippen molar-refractivity contribution in [2.75, 3.05) is 11.4 Å². The molecule has 1 heterocycles. The fraction of sp³-hybridized carbons (Fsp3) is 0.200. The van der Waals surface area contributed by atoms with Gasteiger partial charge < -0.3 is 9.32 Å². The van der Waals surface area contributed by atoms with E-state index >= 15 is 0 Å². The van der Waals surface area contributed by atoms with Gasteiger partial charge in [0.05, 0.1) is 29.4 Å². The summed E-state index contributed by atoms with van der Waals surface area (Å²) in [7, 11) is 0. The van der Waals surface area contributed by atoms with Crippen molar-refractivity contribution in [3.05, 3.63) is 71.4 Å². The van der Waals surface area contributed by atoms with Gasteiger partial charge in [-0.15, -0.1) is 0 Å². The Kier molecular flexibility index (Phi) is 5.92. The summed E-state index contributed by atoms with van der Waals surface area (Å²) in [5, 5.41) is 8.87. The molecule has 3 rings (SSSR count). The SMILES string of the molecule is N#Cc1ccc(N(Cc2coc(-c3ccc(F)cc3)n2)CC(F)(F)F)cc1C(F)(F)F. The Morgan fingerprint density at radius 1 is 1.00 bits per heavy atom. The maximum atomic E-state index is 13.2. The zero-order valence-electron chi connectivity index (χ0n) is 15.4. The minimum atomic E-state index is -4.92. The van der Waals surface area contributed by atoms with Crippen LogP contribution >= 0.6 is 0 Å². The Balaban J connectivity index is 1.94. The monoisotopic (exact) mass is 443 g/mol. The van der Waals surface area contributed by atoms with Crippen LogP contribution in [0.25, 0.3) is 11.5 Å². The number of halogens is 7. The van der Waals surface area contributed by atoms with Crippen molar-refractivity contribution in [3.8, 4) is 17.5 Å². The lowest BCUT2D eigenvalue weighted by molar-refractivity contribution is -0.137. The summed E-state index contributed by atoms with van der Waals surface area (Å²) in [5.41, 5.74) is -2.06. The van der Waals surface area contributed by atoms with Gasteiger partial charge in [-0.25, -0.2) is 9.37 Å². The van der Waals surface area contributed by atoms with Gasteiger partial charge in [-0.3, -0.25) is 0 Å². The normalized spacial score (nSPS) is 11.9. The molecule has 1 aromatic heterocycles. The van der Waals surface area contributed by atoms with Gasteiger partial charge in [-0.2, -0.15) is 31.6 Å². The molecule has 0 radical (unpaired) electrons. The number of nitrogens with zero attached hydrogens (tertiary/aromatic N) is 3. The third-order valence-corrected chi connectivity index (χ3v) is 4.16. The first-order valence-corrected chi connectivity index (χ1v) is 8.59. The van der Waals surface area contributed by atoms with Crippen LogP contribution in [0.15, 0.2) is 53.1 Å². The zero-order chi connectivity index (χ0) is 22.8. The Labute approximate surface area is 171 Å². The lowest BCUT2D eigenvalue weighted by Gasteiger charge is -2.26. The zero-order valence-corrected chi connectivity index (χ0v) is 15.4. The van der Waals surface area contributed by atoms with E-state index in [2.05, 4.69) is 4.98 Å². The molecule has 0 bridgehead atoms. The molecule has 0 spiro atoms. The third-order valence-electron chi connectivity index (χ3n) is 4.16. The number of rotatable bonds is 5. The van der Waals surface area contributed by atoms with Crippen molar-refractivity contribution in [3.63, 3.8) is 0 Å². The summed E-state index contributed by atoms with van der Waals surface area (Å²) >= 11 is 0. The molecule has 3 aromatic rings. The standard InChI is InChI=1S/C20H12F7N3O/c21-14-4-1-12(2-5-14)18-29-15(10-31-18)9-30(11-19(22,23)24)16-6-3-13(8-28)17(7-16)20(25,26)27/h1-7,10H,9,11H2. The molecule has 0 fully saturated rings. The summed E-state index contributed by atoms with van der Waals surface area (Å²) in [4.78, 5) is 4.68. The number of oxazole rings is 1. The smallest absolute Gasteiger partial charge is 0.417 e. The second-order valence-corrected chi connectivity index (χ2v) is 6.46. The van der Waals surface area contributed by atoms with E-state index in [1.807, 2.05) is 0 Å². The average Bonchev–Trinajstić information content (AvgIpc) is 3.14. The van der Waals surface area contributed by atoms with Gasteiger partial charge in [0.2, 0.25) is 5.89 Å². The molecule has 2 aromatic carbocycles. The van der Waals surface area contributed by atoms with Crippen LogP contribution in [0.5, 0.6) is 0 Å². The molecule has 0 aliphatic carbocycles. The van der Waals surface area contributed by atoms with Gasteiger partial charge in [-0.05, 0) is 42.5 Å². The molecular weight excluding hydrogens is 431 g/mol. The van der Waals surface area contributed by atoms with Gasteiger partial charge in [0.15, 0.2) is 0 Å². The maximum absolute atomic E-state index is 13.2. The summed E-state index contributed by atoms with van der Waals surface area (Å²) in [5.74, 6) is -0.495. The highest BCUT2D eigenvalue weighted by molar-refractivity contribution is 5.56. The molecule has 11 heteroatoms. The maximum Gasteiger partial charge on any atom is 0.417 e. The number of nitriles is 1. The first-order valence-electron chi connectivity index (χ1n) is 8.59. The van der Waals surface area contributed by atoms with Crippen LogP contribution < -0.4 is 4.90 Å². The van der Waals surface area contributed by atoms with Crippen LogP contribution in [-0.4, -0.2) is 17.7 Å². The van der Waals surface area contributed by atoms with Gasteiger partial charge >= 0.3 is 12.4 Å². The van der Waals surface area contributed by atoms with Crippen molar-refractivity contribution in [1.29, 1.82) is 5.26 Å². The Morgan fingerprint density at radius 2 is 1.68 bits per heavy atom. The number of hydrogen-bond donors (Lipinski definition) is 0. The van der Waals surface area contributed by atoms with Crippen LogP contribution in [0.3, 0.4) is 0 Å². The lowest BCUT2D eigenvalue weighted by Crippen LogP contribution is -2.34. The lowest BCUT2D eigenvalue weighted by atomic mass is 10.1. The van der Waals surface area contributed by atoms with Crippen LogP contribution in [0.2, 0.25) is 0 Å². The fourth-order valence-electron chi connectivity index (χ4n) is 2.82. The first kappa shape index (κ1) is 22.1. The average molecular weight is 443 g/mol. The largest absolute Gasteiger partial charge is 0.444 e. The number of anilines is 1. The van der Waals surface area contributed by atoms with Gasteiger partial charge in [0.1, 0.15) is 18.6 Å². The minimum absolute atomic E-state index is 0.0118. The van der Waals surface area contributed by atoms with E-state index < -0.39 is 48.1 Å². The molecule has 0 aliphatic rings. The summed E-state index contributed by atoms with van der Waals surface area (Å²) in [6.07, 6.45) is -8.58. The molecule has 0 unspecified atom stereocenters. The molecule has 0 saturated heterocycles. The van der Waals surface area contributed by atoms with Crippen molar-refractivity contribution in [2.45, 2.75) is 18.9 Å². The van der Waals surface area contributed by atoms with E-state index in [9.17, 15) is 30.7 Å². The van der Waals surface area contributed by atoms with E-state index in [-0.39, 0.29) is 11.6 Å². The van der Waals surface area contributed by atoms with E-state index in [1.54, 1.807) is 0 Å². The highest BCUT2D eigenvalue weighted by Gasteiger charge is 2.36. The number of hydrogen-bond acceptors (Lipinski definition) is 4. The van der Waals surface area contributed by atoms with Crippen molar-refractivity contribution >= 4 is 5.69 Å². The van der Waals surface area contributed by atoms with Crippen molar-refractivity contribution < 1.29 is 35.2 Å². The summed E-state index contributed by atoms with van der Waals surface area (Å²) < 4.78 is 97.1. The summed E-state index contributed by atoms with van der Waals surface area (Å²) in [6.45, 7) is -2.08. The van der Waals surface area contributed by atoms with Crippen molar-refractivity contribution in [2.24, 2.45) is 0 Å². The number of aromatic nitrogens is 1. The van der Waals surface area contributed by atoms with Gasteiger partial charge in [0.25, 0.3) is 0 Å². The van der Waals surface area contributed by atoms with E-state index in [1.165, 1.54) is 18.2 Å². The summed E-state index contributed by atoms with van der Waals surface area (Å²) in [6, 6.07) is 8.68. The van der Waals surface area contributed by atoms with Crippen LogP contribution in [-0.2, 0) is 12.7 Å². The van der Waals surface area contributed by atoms with Crippen LogP contribution in [0.4, 0.5) is 36.4 Å². The third kappa shape index (κ3) is 5.53. The molecule has 0 atom stereocenters. The van der Waals surface area contributed by atoms with Crippen LogP contribution in [0, 0.1) is 17.1 Å². The molecule has 0 amide bonds. The number of alkyl halides is 6. The highest BCUT2D eigenvalue weighted by atomic mass is 19.4. The molecule has 31 heavy (non-hydrogen) atoms. The minimum Gasteiger partial charge on any atom is -0.444 e. The molecular formula is C20H12F7N3O. The number of benzene rings is 2. The molecule has 162 valence electrons. The van der Waals surface area contributed by atoms with Crippen molar-refractivity contribution in [1.82, 2.24) is 4.98 Å². The highest BCUT2D eigenvalue weighted by Crippen LogP contribution is 2.35. The second-order valence-electron chi connectivity index (χ2n) is 6.46. The molecule has 0 saturated carbocycles. The fourth-order valence-corrected chi connectivity index (χ4v) is 2.82. The molecule has 4 nitrogen and oxygen atoms in total. The Morgan fingerprint density at radius 3 is 2.26 bits per heavy atom. The first-order chi connectivity index (χ1) is 14.5. The van der Waals surface area contributed by atoms with Crippen LogP contribution in [0.1, 0.15) is 16.8 Å². The van der Waals surface area contributed by atoms with E-state index in [0.29, 0.717) is 16.5 Å². The Hall–Kier alpha value is -3.55. The molecule has 0 N–H and O–H groups in total. The molecule has 0 aliphatic heterocycles.